The Labute approximate surface area is 102 Å². The molecule has 0 unspecified atom stereocenters. The van der Waals surface area contributed by atoms with Crippen molar-refractivity contribution in [2.75, 3.05) is 0 Å². The van der Waals surface area contributed by atoms with Gasteiger partial charge in [-0.3, -0.25) is 0 Å². The Morgan fingerprint density at radius 1 is 1.64 bits per heavy atom. The molecule has 0 radical (unpaired) electrons. The van der Waals surface area contributed by atoms with Gasteiger partial charge in [0.1, 0.15) is 6.07 Å². The van der Waals surface area contributed by atoms with E-state index in [1.807, 2.05) is 0 Å². The molecule has 0 bridgehead atoms. The zero-order chi connectivity index (χ0) is 10.7. The average Bonchev–Trinajstić information content (AvgIpc) is 2.15. The Hall–Kier alpha value is -0.290. The predicted octanol–water partition coefficient (Wildman–Crippen LogP) is 3.39. The number of pyridine rings is 1. The van der Waals surface area contributed by atoms with E-state index in [9.17, 15) is 8.78 Å². The van der Waals surface area contributed by atoms with Gasteiger partial charge in [-0.25, -0.2) is 13.8 Å². The summed E-state index contributed by atoms with van der Waals surface area (Å²) in [6.45, 7) is 0. The van der Waals surface area contributed by atoms with E-state index in [0.717, 1.165) is 0 Å². The lowest BCUT2D eigenvalue weighted by atomic mass is 10.2. The lowest BCUT2D eigenvalue weighted by Crippen LogP contribution is -2.01. The molecular weight excluding hydrogens is 369 g/mol. The van der Waals surface area contributed by atoms with Crippen LogP contribution >= 0.6 is 38.5 Å². The second-order valence-corrected chi connectivity index (χ2v) is 4.13. The largest absolute Gasteiger partial charge is 0.267 e. The number of aromatic nitrogens is 1. The second kappa shape index (κ2) is 4.98. The van der Waals surface area contributed by atoms with Crippen LogP contribution in [-0.4, -0.2) is 4.98 Å². The maximum Gasteiger partial charge on any atom is 0.267 e. The number of hydrogen-bond acceptors (Lipinski definition) is 2. The summed E-state index contributed by atoms with van der Waals surface area (Å²) in [6, 6.07) is 3.22. The molecule has 0 saturated carbocycles. The fraction of sp³-hybridized carbons (Fsp3) is 0.250. The van der Waals surface area contributed by atoms with Crippen LogP contribution in [-0.2, 0) is 5.33 Å². The number of hydrogen-bond donors (Lipinski definition) is 0. The number of rotatable bonds is 2. The van der Waals surface area contributed by atoms with E-state index >= 15 is 0 Å². The Morgan fingerprint density at radius 2 is 2.29 bits per heavy atom. The van der Waals surface area contributed by atoms with Gasteiger partial charge in [0.2, 0.25) is 0 Å². The van der Waals surface area contributed by atoms with Crippen molar-refractivity contribution in [1.29, 1.82) is 5.26 Å². The van der Waals surface area contributed by atoms with Crippen molar-refractivity contribution in [2.45, 2.75) is 11.8 Å². The van der Waals surface area contributed by atoms with Crippen LogP contribution in [0, 0.1) is 14.9 Å². The molecule has 0 aliphatic heterocycles. The molecule has 1 aromatic heterocycles. The van der Waals surface area contributed by atoms with E-state index in [0.29, 0.717) is 14.6 Å². The van der Waals surface area contributed by atoms with Crippen LogP contribution < -0.4 is 0 Å². The molecule has 1 heterocycles. The van der Waals surface area contributed by atoms with Gasteiger partial charge in [-0.05, 0) is 28.7 Å². The van der Waals surface area contributed by atoms with E-state index in [-0.39, 0.29) is 11.3 Å². The van der Waals surface area contributed by atoms with Gasteiger partial charge >= 0.3 is 0 Å². The Balaban J connectivity index is 3.37. The van der Waals surface area contributed by atoms with Gasteiger partial charge in [0.15, 0.2) is 5.69 Å². The Kier molecular flexibility index (Phi) is 4.19. The first-order valence-electron chi connectivity index (χ1n) is 3.53. The minimum atomic E-state index is -2.66. The molecule has 74 valence electrons. The van der Waals surface area contributed by atoms with E-state index < -0.39 is 6.43 Å². The monoisotopic (exact) mass is 372 g/mol. The molecule has 0 aromatic carbocycles. The highest BCUT2D eigenvalue weighted by atomic mass is 127. The molecule has 14 heavy (non-hydrogen) atoms. The summed E-state index contributed by atoms with van der Waals surface area (Å²) in [7, 11) is 0. The highest BCUT2D eigenvalue weighted by molar-refractivity contribution is 14.1. The molecule has 0 amide bonds. The number of nitrogens with zero attached hydrogens (tertiary/aromatic N) is 2. The van der Waals surface area contributed by atoms with Gasteiger partial charge in [-0.1, -0.05) is 15.9 Å². The van der Waals surface area contributed by atoms with Gasteiger partial charge in [0.05, 0.1) is 11.3 Å². The maximum atomic E-state index is 12.5. The lowest BCUT2D eigenvalue weighted by Gasteiger charge is -2.06. The first-order chi connectivity index (χ1) is 6.60. The zero-order valence-corrected chi connectivity index (χ0v) is 10.5. The molecule has 6 heteroatoms. The molecule has 2 nitrogen and oxygen atoms in total. The third-order valence-corrected chi connectivity index (χ3v) is 2.99. The first-order valence-corrected chi connectivity index (χ1v) is 5.73. The van der Waals surface area contributed by atoms with Crippen LogP contribution in [0.15, 0.2) is 6.07 Å². The van der Waals surface area contributed by atoms with Crippen LogP contribution in [0.5, 0.6) is 0 Å². The topological polar surface area (TPSA) is 36.7 Å². The summed E-state index contributed by atoms with van der Waals surface area (Å²) in [5.74, 6) is 0. The molecule has 0 fully saturated rings. The summed E-state index contributed by atoms with van der Waals surface area (Å²) >= 11 is 4.94. The van der Waals surface area contributed by atoms with Crippen molar-refractivity contribution in [2.24, 2.45) is 0 Å². The fourth-order valence-corrected chi connectivity index (χ4v) is 2.07. The van der Waals surface area contributed by atoms with Crippen LogP contribution in [0.25, 0.3) is 0 Å². The van der Waals surface area contributed by atoms with E-state index in [1.165, 1.54) is 6.07 Å². The summed E-state index contributed by atoms with van der Waals surface area (Å²) in [6.07, 6.45) is -2.66. The van der Waals surface area contributed by atoms with Crippen molar-refractivity contribution in [1.82, 2.24) is 4.98 Å². The van der Waals surface area contributed by atoms with E-state index in [2.05, 4.69) is 20.9 Å². The van der Waals surface area contributed by atoms with Crippen LogP contribution in [0.2, 0.25) is 0 Å². The number of nitriles is 1. The summed E-state index contributed by atoms with van der Waals surface area (Å²) in [4.78, 5) is 3.80. The maximum absolute atomic E-state index is 12.5. The van der Waals surface area contributed by atoms with Gasteiger partial charge < -0.3 is 0 Å². The van der Waals surface area contributed by atoms with Crippen LogP contribution in [0.1, 0.15) is 23.4 Å². The van der Waals surface area contributed by atoms with Gasteiger partial charge in [-0.2, -0.15) is 5.26 Å². The number of alkyl halides is 3. The second-order valence-electron chi connectivity index (χ2n) is 2.40. The quantitative estimate of drug-likeness (QED) is 0.589. The Bertz CT molecular complexity index is 390. The van der Waals surface area contributed by atoms with Gasteiger partial charge in [0, 0.05) is 8.90 Å². The molecule has 0 spiro atoms. The van der Waals surface area contributed by atoms with Gasteiger partial charge in [0.25, 0.3) is 6.43 Å². The summed E-state index contributed by atoms with van der Waals surface area (Å²) in [5.41, 5.74) is 0.106. The minimum absolute atomic E-state index is 0.193. The molecule has 0 aliphatic carbocycles. The number of halogens is 4. The van der Waals surface area contributed by atoms with Crippen molar-refractivity contribution in [3.05, 3.63) is 26.6 Å². The normalized spacial score (nSPS) is 10.3. The highest BCUT2D eigenvalue weighted by Crippen LogP contribution is 2.27. The standard InChI is InChI=1S/C8H4BrF2IN2/c9-2-4-1-5(12)7(8(10)11)6(3-13)14-4/h1,8H,2H2. The SMILES string of the molecule is N#Cc1nc(CBr)cc(I)c1C(F)F. The van der Waals surface area contributed by atoms with E-state index in [4.69, 9.17) is 5.26 Å². The van der Waals surface area contributed by atoms with E-state index in [1.54, 1.807) is 28.7 Å². The molecule has 1 aromatic rings. The molecule has 0 N–H and O–H groups in total. The summed E-state index contributed by atoms with van der Waals surface area (Å²) < 4.78 is 25.4. The van der Waals surface area contributed by atoms with Crippen molar-refractivity contribution in [3.8, 4) is 6.07 Å². The molecular formula is C8H4BrF2IN2. The van der Waals surface area contributed by atoms with Crippen molar-refractivity contribution >= 4 is 38.5 Å². The van der Waals surface area contributed by atoms with Crippen molar-refractivity contribution in [3.63, 3.8) is 0 Å². The van der Waals surface area contributed by atoms with Crippen LogP contribution in [0.4, 0.5) is 8.78 Å². The molecule has 0 atom stereocenters. The molecule has 1 rings (SSSR count). The molecule has 0 aliphatic rings. The highest BCUT2D eigenvalue weighted by Gasteiger charge is 2.18. The average molecular weight is 373 g/mol. The first kappa shape index (κ1) is 11.8. The molecule has 0 saturated heterocycles. The summed E-state index contributed by atoms with van der Waals surface area (Å²) in [5, 5.41) is 9.09. The van der Waals surface area contributed by atoms with Gasteiger partial charge in [-0.15, -0.1) is 0 Å². The minimum Gasteiger partial charge on any atom is -0.241 e. The third kappa shape index (κ3) is 2.39. The van der Waals surface area contributed by atoms with Crippen molar-refractivity contribution < 1.29 is 8.78 Å². The smallest absolute Gasteiger partial charge is 0.241 e. The third-order valence-electron chi connectivity index (χ3n) is 1.52. The lowest BCUT2D eigenvalue weighted by molar-refractivity contribution is 0.149. The predicted molar refractivity (Wildman–Crippen MR) is 59.3 cm³/mol. The van der Waals surface area contributed by atoms with Crippen LogP contribution in [0.3, 0.4) is 0 Å². The zero-order valence-electron chi connectivity index (χ0n) is 6.77. The fourth-order valence-electron chi connectivity index (χ4n) is 0.935. The Morgan fingerprint density at radius 3 is 2.71 bits per heavy atom.